The molecule has 0 fully saturated rings. The molecule has 0 bridgehead atoms. The van der Waals surface area contributed by atoms with E-state index in [2.05, 4.69) is 4.18 Å². The lowest BCUT2D eigenvalue weighted by atomic mass is 10.1. The Labute approximate surface area is 276 Å². The number of benzene rings is 5. The van der Waals surface area contributed by atoms with Crippen LogP contribution < -0.4 is 19.4 Å². The van der Waals surface area contributed by atoms with Gasteiger partial charge in [-0.3, -0.25) is 0 Å². The number of fused-ring (bicyclic) bond motifs is 2. The van der Waals surface area contributed by atoms with Crippen molar-refractivity contribution in [2.24, 2.45) is 0 Å². The molecule has 0 unspecified atom stereocenters. The number of rotatable bonds is 5. The van der Waals surface area contributed by atoms with Gasteiger partial charge in [-0.05, 0) is 59.3 Å². The third-order valence-corrected chi connectivity index (χ3v) is 10.5. The standard InChI is InChI=1S/C11H8F3NO3S.C10H9NO.C8H8F3NO4S2/c12-11(13,14)19(16,17)18-8-5-4-7-2-1-3-10(15)9(7)6-8;11-10-3-1-2-7-4-5-8(12)6-9(7)10;1-17(13,14)12(7-5-3-2-4-6-7)18(15,16)8(9,10)11/h1-6H,15H2;1-6,12H,11H2;2-6H,1H3. The van der Waals surface area contributed by atoms with Crippen LogP contribution in [0.2, 0.25) is 0 Å². The molecule has 0 saturated heterocycles. The highest BCUT2D eigenvalue weighted by molar-refractivity contribution is 8.10. The van der Waals surface area contributed by atoms with Crippen LogP contribution in [0.5, 0.6) is 11.5 Å². The quantitative estimate of drug-likeness (QED) is 0.0822. The monoisotopic (exact) mass is 753 g/mol. The molecule has 20 heteroatoms. The Balaban J connectivity index is 0.000000204. The molecule has 0 atom stereocenters. The zero-order chi connectivity index (χ0) is 37.0. The predicted octanol–water partition coefficient (Wildman–Crippen LogP) is 6.08. The van der Waals surface area contributed by atoms with Gasteiger partial charge in [0.1, 0.15) is 11.5 Å². The first-order valence-electron chi connectivity index (χ1n) is 13.1. The summed E-state index contributed by atoms with van der Waals surface area (Å²) in [5.74, 6) is -0.192. The molecule has 0 spiro atoms. The number of aromatic hydroxyl groups is 1. The van der Waals surface area contributed by atoms with Gasteiger partial charge in [-0.15, -0.1) is 0 Å². The van der Waals surface area contributed by atoms with E-state index in [1.54, 1.807) is 30.3 Å². The second-order valence-corrected chi connectivity index (χ2v) is 15.1. The highest BCUT2D eigenvalue weighted by atomic mass is 32.3. The molecule has 5 aromatic rings. The lowest BCUT2D eigenvalue weighted by Crippen LogP contribution is -2.44. The Hall–Kier alpha value is -4.95. The van der Waals surface area contributed by atoms with Crippen molar-refractivity contribution in [2.75, 3.05) is 21.4 Å². The van der Waals surface area contributed by atoms with Gasteiger partial charge in [-0.25, -0.2) is 8.42 Å². The Morgan fingerprint density at radius 1 is 0.633 bits per heavy atom. The number of sulfonamides is 2. The van der Waals surface area contributed by atoms with Crippen LogP contribution in [0, 0.1) is 0 Å². The minimum absolute atomic E-state index is 0.250. The van der Waals surface area contributed by atoms with Crippen molar-refractivity contribution in [2.45, 2.75) is 11.0 Å². The van der Waals surface area contributed by atoms with Crippen molar-refractivity contribution >= 4 is 68.8 Å². The van der Waals surface area contributed by atoms with E-state index in [0.29, 0.717) is 28.4 Å². The fourth-order valence-corrected chi connectivity index (χ4v) is 7.16. The molecule has 49 heavy (non-hydrogen) atoms. The van der Waals surface area contributed by atoms with Gasteiger partial charge in [0.25, 0.3) is 0 Å². The van der Waals surface area contributed by atoms with E-state index >= 15 is 0 Å². The van der Waals surface area contributed by atoms with E-state index < -0.39 is 56.3 Å². The van der Waals surface area contributed by atoms with Gasteiger partial charge in [0.05, 0.1) is 11.9 Å². The van der Waals surface area contributed by atoms with Crippen molar-refractivity contribution in [1.82, 2.24) is 0 Å². The molecule has 11 nitrogen and oxygen atoms in total. The Morgan fingerprint density at radius 3 is 1.59 bits per heavy atom. The lowest BCUT2D eigenvalue weighted by molar-refractivity contribution is -0.0500. The SMILES string of the molecule is CS(=O)(=O)N(c1ccccc1)S(=O)(=O)C(F)(F)F.Nc1cccc2ccc(O)cc12.Nc1cccc2ccc(OS(=O)(=O)C(F)(F)F)cc12. The number of hydrogen-bond donors (Lipinski definition) is 3. The minimum Gasteiger partial charge on any atom is -0.508 e. The number of nitrogens with zero attached hydrogens (tertiary/aromatic N) is 1. The van der Waals surface area contributed by atoms with Crippen LogP contribution >= 0.6 is 0 Å². The van der Waals surface area contributed by atoms with Gasteiger partial charge in [0, 0.05) is 22.1 Å². The summed E-state index contributed by atoms with van der Waals surface area (Å²) in [7, 11) is -16.3. The smallest absolute Gasteiger partial charge is 0.508 e. The summed E-state index contributed by atoms with van der Waals surface area (Å²) in [5, 5.41) is 12.2. The van der Waals surface area contributed by atoms with Crippen LogP contribution in [0.25, 0.3) is 21.5 Å². The number of para-hydroxylation sites is 1. The van der Waals surface area contributed by atoms with E-state index in [1.807, 2.05) is 24.3 Å². The first-order chi connectivity index (χ1) is 22.5. The maximum atomic E-state index is 12.4. The van der Waals surface area contributed by atoms with E-state index in [0.717, 1.165) is 35.0 Å². The van der Waals surface area contributed by atoms with Crippen LogP contribution in [-0.4, -0.2) is 47.6 Å². The maximum Gasteiger partial charge on any atom is 0.534 e. The molecule has 0 aromatic heterocycles. The second-order valence-electron chi connectivity index (χ2n) is 9.71. The summed E-state index contributed by atoms with van der Waals surface area (Å²) in [6.45, 7) is 0. The zero-order valence-electron chi connectivity index (χ0n) is 24.7. The highest BCUT2D eigenvalue weighted by Gasteiger charge is 2.53. The molecule has 0 aliphatic heterocycles. The fraction of sp³-hybridized carbons (Fsp3) is 0.103. The Kier molecular flexibility index (Phi) is 11.2. The van der Waals surface area contributed by atoms with Crippen molar-refractivity contribution in [1.29, 1.82) is 0 Å². The molecule has 0 saturated carbocycles. The second kappa shape index (κ2) is 14.3. The molecule has 5 aromatic carbocycles. The van der Waals surface area contributed by atoms with E-state index in [4.69, 9.17) is 11.5 Å². The van der Waals surface area contributed by atoms with Crippen LogP contribution in [0.3, 0.4) is 0 Å². The average Bonchev–Trinajstić information content (AvgIpc) is 2.97. The number of phenols is 1. The van der Waals surface area contributed by atoms with E-state index in [1.165, 1.54) is 24.3 Å². The number of phenolic OH excluding ortho intramolecular Hbond substituents is 1. The lowest BCUT2D eigenvalue weighted by Gasteiger charge is -2.22. The van der Waals surface area contributed by atoms with Crippen molar-refractivity contribution in [3.05, 3.63) is 103 Å². The van der Waals surface area contributed by atoms with Crippen molar-refractivity contribution in [3.8, 4) is 11.5 Å². The minimum atomic E-state index is -6.00. The molecule has 0 amide bonds. The Morgan fingerprint density at radius 2 is 1.12 bits per heavy atom. The molecule has 264 valence electrons. The van der Waals surface area contributed by atoms with Gasteiger partial charge >= 0.3 is 31.2 Å². The molecule has 0 aliphatic rings. The normalized spacial score (nSPS) is 12.3. The summed E-state index contributed by atoms with van der Waals surface area (Å²) in [4.78, 5) is 0. The van der Waals surface area contributed by atoms with Crippen LogP contribution in [0.4, 0.5) is 43.4 Å². The van der Waals surface area contributed by atoms with Gasteiger partial charge in [-0.2, -0.15) is 46.9 Å². The van der Waals surface area contributed by atoms with Crippen LogP contribution in [-0.2, 0) is 30.2 Å². The third kappa shape index (κ3) is 9.36. The summed E-state index contributed by atoms with van der Waals surface area (Å²) in [5.41, 5.74) is 0.601. The molecule has 5 N–H and O–H groups in total. The molecular weight excluding hydrogens is 729 g/mol. The van der Waals surface area contributed by atoms with E-state index in [9.17, 15) is 56.7 Å². The van der Waals surface area contributed by atoms with Gasteiger partial charge < -0.3 is 20.8 Å². The highest BCUT2D eigenvalue weighted by Crippen LogP contribution is 2.33. The third-order valence-electron chi connectivity index (χ3n) is 6.06. The molecular formula is C29H25F6N3O8S3. The largest absolute Gasteiger partial charge is 0.534 e. The Bertz CT molecular complexity index is 2290. The number of alkyl halides is 6. The van der Waals surface area contributed by atoms with Crippen LogP contribution in [0.15, 0.2) is 103 Å². The van der Waals surface area contributed by atoms with Gasteiger partial charge in [0.2, 0.25) is 10.0 Å². The topological polar surface area (TPSA) is 187 Å². The molecule has 5 rings (SSSR count). The first-order valence-corrected chi connectivity index (χ1v) is 17.8. The number of halogens is 6. The first kappa shape index (κ1) is 38.5. The average molecular weight is 754 g/mol. The predicted molar refractivity (Wildman–Crippen MR) is 173 cm³/mol. The molecule has 0 aliphatic carbocycles. The van der Waals surface area contributed by atoms with Crippen LogP contribution in [0.1, 0.15) is 0 Å². The number of anilines is 3. The maximum absolute atomic E-state index is 12.4. The molecule has 0 radical (unpaired) electrons. The summed E-state index contributed by atoms with van der Waals surface area (Å²) >= 11 is 0. The zero-order valence-corrected chi connectivity index (χ0v) is 27.2. The van der Waals surface area contributed by atoms with Crippen molar-refractivity contribution < 1.29 is 60.9 Å². The summed E-state index contributed by atoms with van der Waals surface area (Å²) in [6, 6.07) is 25.2. The number of nitrogen functional groups attached to an aromatic ring is 2. The summed E-state index contributed by atoms with van der Waals surface area (Å²) < 4.78 is 144. The number of nitrogens with two attached hydrogens (primary N) is 2. The summed E-state index contributed by atoms with van der Waals surface area (Å²) in [6.07, 6.45) is 0.378. The molecule has 0 heterocycles. The van der Waals surface area contributed by atoms with E-state index in [-0.39, 0.29) is 5.75 Å². The fourth-order valence-electron chi connectivity index (χ4n) is 3.94. The number of hydrogen-bond acceptors (Lipinski definition) is 10. The van der Waals surface area contributed by atoms with Gasteiger partial charge in [-0.1, -0.05) is 54.6 Å². The van der Waals surface area contributed by atoms with Gasteiger partial charge in [0.15, 0.2) is 0 Å². The van der Waals surface area contributed by atoms with Crippen molar-refractivity contribution in [3.63, 3.8) is 0 Å².